The van der Waals surface area contributed by atoms with Gasteiger partial charge >= 0.3 is 5.69 Å². The van der Waals surface area contributed by atoms with Crippen LogP contribution in [0.5, 0.6) is 0 Å². The fourth-order valence-corrected chi connectivity index (χ4v) is 3.56. The number of aliphatic hydroxyl groups excluding tert-OH is 3. The molecule has 1 aliphatic heterocycles. The highest BCUT2D eigenvalue weighted by Crippen LogP contribution is 2.28. The SMILES string of the molecule is Nc1ccc(-c2ccnc(Cn3c(=O)ccn([C@@H]4O[C@H](CO)[C@H](O)[C@@H]4O)c3=O)c2)cc1. The van der Waals surface area contributed by atoms with Gasteiger partial charge in [-0.2, -0.15) is 0 Å². The van der Waals surface area contributed by atoms with Gasteiger partial charge in [-0.15, -0.1) is 0 Å². The van der Waals surface area contributed by atoms with Crippen molar-refractivity contribution in [2.75, 3.05) is 12.3 Å². The predicted molar refractivity (Wildman–Crippen MR) is 111 cm³/mol. The van der Waals surface area contributed by atoms with E-state index in [1.165, 1.54) is 12.3 Å². The summed E-state index contributed by atoms with van der Waals surface area (Å²) >= 11 is 0. The third kappa shape index (κ3) is 4.01. The molecule has 10 heteroatoms. The van der Waals surface area contributed by atoms with E-state index in [9.17, 15) is 24.9 Å². The lowest BCUT2D eigenvalue weighted by Gasteiger charge is -2.18. The number of aliphatic hydroxyl groups is 3. The summed E-state index contributed by atoms with van der Waals surface area (Å²) in [5.74, 6) is 0. The molecule has 0 saturated carbocycles. The number of nitrogens with zero attached hydrogens (tertiary/aromatic N) is 3. The Morgan fingerprint density at radius 1 is 1.03 bits per heavy atom. The Morgan fingerprint density at radius 3 is 2.45 bits per heavy atom. The lowest BCUT2D eigenvalue weighted by atomic mass is 10.1. The molecule has 2 aromatic heterocycles. The van der Waals surface area contributed by atoms with Gasteiger partial charge in [-0.25, -0.2) is 4.79 Å². The molecule has 0 amide bonds. The first-order valence-corrected chi connectivity index (χ1v) is 9.64. The largest absolute Gasteiger partial charge is 0.399 e. The zero-order valence-electron chi connectivity index (χ0n) is 16.4. The van der Waals surface area contributed by atoms with Gasteiger partial charge in [-0.1, -0.05) is 12.1 Å². The van der Waals surface area contributed by atoms with Crippen LogP contribution in [0, 0.1) is 0 Å². The zero-order valence-corrected chi connectivity index (χ0v) is 16.4. The van der Waals surface area contributed by atoms with Crippen molar-refractivity contribution in [3.63, 3.8) is 0 Å². The number of nitrogens with two attached hydrogens (primary N) is 1. The number of aromatic nitrogens is 3. The number of nitrogen functional groups attached to an aromatic ring is 1. The van der Waals surface area contributed by atoms with Gasteiger partial charge in [0.15, 0.2) is 6.23 Å². The number of ether oxygens (including phenoxy) is 1. The van der Waals surface area contributed by atoms with E-state index < -0.39 is 42.4 Å². The number of pyridine rings is 1. The van der Waals surface area contributed by atoms with Crippen LogP contribution in [0.3, 0.4) is 0 Å². The van der Waals surface area contributed by atoms with Gasteiger partial charge in [0.05, 0.1) is 18.8 Å². The second-order valence-corrected chi connectivity index (χ2v) is 7.32. The summed E-state index contributed by atoms with van der Waals surface area (Å²) in [6.45, 7) is -0.624. The first-order chi connectivity index (χ1) is 14.9. The summed E-state index contributed by atoms with van der Waals surface area (Å²) in [5.41, 5.74) is 7.31. The van der Waals surface area contributed by atoms with Gasteiger partial charge < -0.3 is 25.8 Å². The minimum Gasteiger partial charge on any atom is -0.399 e. The first-order valence-electron chi connectivity index (χ1n) is 9.64. The molecule has 1 fully saturated rings. The Kier molecular flexibility index (Phi) is 5.70. The van der Waals surface area contributed by atoms with Crippen molar-refractivity contribution in [3.05, 3.63) is 81.4 Å². The van der Waals surface area contributed by atoms with Crippen molar-refractivity contribution in [3.8, 4) is 11.1 Å². The summed E-state index contributed by atoms with van der Waals surface area (Å²) in [4.78, 5) is 29.6. The number of hydrogen-bond acceptors (Lipinski definition) is 8. The second-order valence-electron chi connectivity index (χ2n) is 7.32. The first kappa shape index (κ1) is 20.9. The molecule has 162 valence electrons. The van der Waals surface area contributed by atoms with Crippen molar-refractivity contribution in [1.29, 1.82) is 0 Å². The van der Waals surface area contributed by atoms with E-state index in [4.69, 9.17) is 10.5 Å². The fraction of sp³-hybridized carbons (Fsp3) is 0.286. The molecule has 4 rings (SSSR count). The highest BCUT2D eigenvalue weighted by Gasteiger charge is 2.43. The Hall–Kier alpha value is -3.31. The molecule has 4 atom stereocenters. The maximum absolute atomic E-state index is 13.0. The number of anilines is 1. The second kappa shape index (κ2) is 8.44. The molecular weight excluding hydrogens is 404 g/mol. The van der Waals surface area contributed by atoms with E-state index in [-0.39, 0.29) is 6.54 Å². The van der Waals surface area contributed by atoms with Crippen LogP contribution in [-0.4, -0.2) is 54.4 Å². The molecule has 0 bridgehead atoms. The topological polar surface area (TPSA) is 153 Å². The van der Waals surface area contributed by atoms with Crippen LogP contribution in [-0.2, 0) is 11.3 Å². The lowest BCUT2D eigenvalue weighted by molar-refractivity contribution is -0.0555. The highest BCUT2D eigenvalue weighted by molar-refractivity contribution is 5.65. The van der Waals surface area contributed by atoms with Crippen molar-refractivity contribution in [2.45, 2.75) is 31.1 Å². The summed E-state index contributed by atoms with van der Waals surface area (Å²) in [6.07, 6.45) is -2.29. The van der Waals surface area contributed by atoms with Gasteiger partial charge in [0.1, 0.15) is 18.3 Å². The van der Waals surface area contributed by atoms with Crippen LogP contribution >= 0.6 is 0 Å². The van der Waals surface area contributed by atoms with Gasteiger partial charge in [0.2, 0.25) is 0 Å². The van der Waals surface area contributed by atoms with Gasteiger partial charge in [-0.3, -0.25) is 18.9 Å². The Bertz CT molecular complexity index is 1190. The third-order valence-corrected chi connectivity index (χ3v) is 5.27. The molecule has 5 N–H and O–H groups in total. The molecule has 1 aromatic carbocycles. The molecule has 1 saturated heterocycles. The number of benzene rings is 1. The van der Waals surface area contributed by atoms with Crippen LogP contribution in [0.4, 0.5) is 5.69 Å². The minimum absolute atomic E-state index is 0.101. The maximum Gasteiger partial charge on any atom is 0.333 e. The zero-order chi connectivity index (χ0) is 22.1. The van der Waals surface area contributed by atoms with E-state index in [0.717, 1.165) is 20.3 Å². The standard InChI is InChI=1S/C21H22N4O6/c22-14-3-1-12(2-4-14)13-5-7-23-15(9-13)10-25-17(27)6-8-24(21(25)30)20-19(29)18(28)16(11-26)31-20/h1-9,16,18-20,26,28-29H,10-11,22H2/t16-,18+,19+,20-/m1/s1. The van der Waals surface area contributed by atoms with Crippen LogP contribution in [0.1, 0.15) is 11.9 Å². The fourth-order valence-electron chi connectivity index (χ4n) is 3.56. The summed E-state index contributed by atoms with van der Waals surface area (Å²) < 4.78 is 7.39. The van der Waals surface area contributed by atoms with E-state index >= 15 is 0 Å². The molecular formula is C21H22N4O6. The monoisotopic (exact) mass is 426 g/mol. The molecule has 10 nitrogen and oxygen atoms in total. The van der Waals surface area contributed by atoms with Crippen LogP contribution in [0.2, 0.25) is 0 Å². The van der Waals surface area contributed by atoms with Crippen molar-refractivity contribution in [2.24, 2.45) is 0 Å². The van der Waals surface area contributed by atoms with Gasteiger partial charge in [0, 0.05) is 24.1 Å². The maximum atomic E-state index is 13.0. The molecule has 0 spiro atoms. The normalized spacial score (nSPS) is 23.2. The number of rotatable bonds is 5. The molecule has 31 heavy (non-hydrogen) atoms. The molecule has 3 aromatic rings. The average Bonchev–Trinajstić information content (AvgIpc) is 3.06. The molecule has 0 aliphatic carbocycles. The van der Waals surface area contributed by atoms with Crippen molar-refractivity contribution < 1.29 is 20.1 Å². The van der Waals surface area contributed by atoms with Crippen LogP contribution in [0.15, 0.2) is 64.4 Å². The van der Waals surface area contributed by atoms with Gasteiger partial charge in [0.25, 0.3) is 5.56 Å². The minimum atomic E-state index is -1.44. The van der Waals surface area contributed by atoms with E-state index in [0.29, 0.717) is 11.4 Å². The Labute approximate surface area is 176 Å². The van der Waals surface area contributed by atoms with E-state index in [1.807, 2.05) is 12.1 Å². The van der Waals surface area contributed by atoms with E-state index in [1.54, 1.807) is 30.5 Å². The lowest BCUT2D eigenvalue weighted by Crippen LogP contribution is -2.43. The predicted octanol–water partition coefficient (Wildman–Crippen LogP) is -0.686. The molecule has 3 heterocycles. The summed E-state index contributed by atoms with van der Waals surface area (Å²) in [7, 11) is 0. The summed E-state index contributed by atoms with van der Waals surface area (Å²) in [6, 6.07) is 12.0. The molecule has 1 aliphatic rings. The quantitative estimate of drug-likeness (QED) is 0.391. The molecule has 0 radical (unpaired) electrons. The van der Waals surface area contributed by atoms with Gasteiger partial charge in [-0.05, 0) is 35.4 Å². The number of hydrogen-bond donors (Lipinski definition) is 4. The highest BCUT2D eigenvalue weighted by atomic mass is 16.6. The van der Waals surface area contributed by atoms with Crippen LogP contribution in [0.25, 0.3) is 11.1 Å². The smallest absolute Gasteiger partial charge is 0.333 e. The Morgan fingerprint density at radius 2 is 1.77 bits per heavy atom. The van der Waals surface area contributed by atoms with Crippen molar-refractivity contribution in [1.82, 2.24) is 14.1 Å². The van der Waals surface area contributed by atoms with E-state index in [2.05, 4.69) is 4.98 Å². The van der Waals surface area contributed by atoms with Crippen LogP contribution < -0.4 is 17.0 Å². The summed E-state index contributed by atoms with van der Waals surface area (Å²) in [5, 5.41) is 29.4. The van der Waals surface area contributed by atoms with Crippen molar-refractivity contribution >= 4 is 5.69 Å². The average molecular weight is 426 g/mol. The molecule has 0 unspecified atom stereocenters. The third-order valence-electron chi connectivity index (χ3n) is 5.27. The Balaban J connectivity index is 1.66.